The summed E-state index contributed by atoms with van der Waals surface area (Å²) >= 11 is 1.44. The summed E-state index contributed by atoms with van der Waals surface area (Å²) in [7, 11) is 0. The minimum atomic E-state index is -0.0235. The fraction of sp³-hybridized carbons (Fsp3) is 0.304. The van der Waals surface area contributed by atoms with Gasteiger partial charge in [-0.15, -0.1) is 11.3 Å². The number of amides is 2. The largest absolute Gasteiger partial charge is 0.484 e. The fourth-order valence-corrected chi connectivity index (χ4v) is 4.18. The van der Waals surface area contributed by atoms with Crippen LogP contribution in [0.1, 0.15) is 9.67 Å². The maximum absolute atomic E-state index is 12.5. The highest BCUT2D eigenvalue weighted by atomic mass is 32.1. The number of piperazine rings is 1. The number of nitrogens with one attached hydrogen (secondary N) is 1. The van der Waals surface area contributed by atoms with Crippen LogP contribution in [-0.4, -0.2) is 67.5 Å². The van der Waals surface area contributed by atoms with Crippen LogP contribution in [0.5, 0.6) is 5.75 Å². The molecule has 156 valence electrons. The van der Waals surface area contributed by atoms with E-state index in [0.717, 1.165) is 35.3 Å². The Morgan fingerprint density at radius 3 is 2.53 bits per heavy atom. The maximum atomic E-state index is 12.5. The SMILES string of the molecule is O=C(NCCN1CCN(C(=O)COc2ccc3ccccc3c2)CC1)c1cccs1. The van der Waals surface area contributed by atoms with E-state index in [-0.39, 0.29) is 18.4 Å². The second-order valence-corrected chi connectivity index (χ2v) is 8.20. The Balaban J connectivity index is 1.17. The molecule has 7 heteroatoms. The van der Waals surface area contributed by atoms with E-state index in [1.165, 1.54) is 11.3 Å². The van der Waals surface area contributed by atoms with Gasteiger partial charge in [0, 0.05) is 39.3 Å². The van der Waals surface area contributed by atoms with Gasteiger partial charge >= 0.3 is 0 Å². The van der Waals surface area contributed by atoms with Crippen molar-refractivity contribution in [3.63, 3.8) is 0 Å². The van der Waals surface area contributed by atoms with Gasteiger partial charge in [-0.05, 0) is 34.4 Å². The van der Waals surface area contributed by atoms with E-state index in [1.54, 1.807) is 0 Å². The summed E-state index contributed by atoms with van der Waals surface area (Å²) in [6, 6.07) is 17.6. The number of carbonyl (C=O) groups excluding carboxylic acids is 2. The molecule has 0 radical (unpaired) electrons. The summed E-state index contributed by atoms with van der Waals surface area (Å²) in [6.07, 6.45) is 0. The second-order valence-electron chi connectivity index (χ2n) is 7.25. The van der Waals surface area contributed by atoms with Gasteiger partial charge in [-0.3, -0.25) is 14.5 Å². The molecule has 0 atom stereocenters. The number of carbonyl (C=O) groups is 2. The molecule has 2 heterocycles. The smallest absolute Gasteiger partial charge is 0.261 e. The van der Waals surface area contributed by atoms with Gasteiger partial charge in [0.25, 0.3) is 11.8 Å². The summed E-state index contributed by atoms with van der Waals surface area (Å²) in [4.78, 5) is 29.3. The van der Waals surface area contributed by atoms with Gasteiger partial charge in [-0.25, -0.2) is 0 Å². The standard InChI is InChI=1S/C23H25N3O3S/c27-22(17-29-20-8-7-18-4-1-2-5-19(18)16-20)26-13-11-25(12-14-26)10-9-24-23(28)21-6-3-15-30-21/h1-8,15-16H,9-14,17H2,(H,24,28). The molecular weight excluding hydrogens is 398 g/mol. The van der Waals surface area contributed by atoms with Crippen LogP contribution >= 0.6 is 11.3 Å². The third kappa shape index (κ3) is 5.17. The molecule has 1 aliphatic heterocycles. The zero-order chi connectivity index (χ0) is 20.8. The van der Waals surface area contributed by atoms with Crippen LogP contribution in [0.25, 0.3) is 10.8 Å². The Labute approximate surface area is 180 Å². The maximum Gasteiger partial charge on any atom is 0.261 e. The Morgan fingerprint density at radius 1 is 0.967 bits per heavy atom. The molecular formula is C23H25N3O3S. The van der Waals surface area contributed by atoms with Crippen molar-refractivity contribution < 1.29 is 14.3 Å². The first kappa shape index (κ1) is 20.4. The van der Waals surface area contributed by atoms with Gasteiger partial charge in [0.1, 0.15) is 5.75 Å². The number of benzene rings is 2. The summed E-state index contributed by atoms with van der Waals surface area (Å²) < 4.78 is 5.73. The predicted molar refractivity (Wildman–Crippen MR) is 119 cm³/mol. The lowest BCUT2D eigenvalue weighted by Gasteiger charge is -2.34. The predicted octanol–water partition coefficient (Wildman–Crippen LogP) is 2.85. The molecule has 3 aromatic rings. The molecule has 0 aliphatic carbocycles. The number of rotatable bonds is 7. The molecule has 0 unspecified atom stereocenters. The topological polar surface area (TPSA) is 61.9 Å². The average molecular weight is 424 g/mol. The molecule has 1 fully saturated rings. The highest BCUT2D eigenvalue weighted by Crippen LogP contribution is 2.20. The van der Waals surface area contributed by atoms with Gasteiger partial charge in [0.05, 0.1) is 4.88 Å². The third-order valence-corrected chi connectivity index (χ3v) is 6.14. The highest BCUT2D eigenvalue weighted by Gasteiger charge is 2.21. The molecule has 30 heavy (non-hydrogen) atoms. The van der Waals surface area contributed by atoms with E-state index in [4.69, 9.17) is 4.74 Å². The fourth-order valence-electron chi connectivity index (χ4n) is 3.54. The van der Waals surface area contributed by atoms with Crippen molar-refractivity contribution in [2.45, 2.75) is 0 Å². The van der Waals surface area contributed by atoms with Crippen LogP contribution in [0.4, 0.5) is 0 Å². The molecule has 1 aliphatic rings. The van der Waals surface area contributed by atoms with Gasteiger partial charge in [0.2, 0.25) is 0 Å². The average Bonchev–Trinajstić information content (AvgIpc) is 3.33. The van der Waals surface area contributed by atoms with E-state index in [9.17, 15) is 9.59 Å². The Kier molecular flexibility index (Phi) is 6.61. The lowest BCUT2D eigenvalue weighted by atomic mass is 10.1. The monoisotopic (exact) mass is 423 g/mol. The van der Waals surface area contributed by atoms with Gasteiger partial charge in [0.15, 0.2) is 6.61 Å². The summed E-state index contributed by atoms with van der Waals surface area (Å²) in [5.74, 6) is 0.695. The van der Waals surface area contributed by atoms with Crippen molar-refractivity contribution in [1.82, 2.24) is 15.1 Å². The van der Waals surface area contributed by atoms with Crippen LogP contribution in [0.15, 0.2) is 60.0 Å². The number of fused-ring (bicyclic) bond motifs is 1. The first-order valence-corrected chi connectivity index (χ1v) is 11.0. The zero-order valence-electron chi connectivity index (χ0n) is 16.8. The number of nitrogens with zero attached hydrogens (tertiary/aromatic N) is 2. The van der Waals surface area contributed by atoms with Crippen LogP contribution in [0.2, 0.25) is 0 Å². The third-order valence-electron chi connectivity index (χ3n) is 5.27. The molecule has 6 nitrogen and oxygen atoms in total. The minimum absolute atomic E-state index is 0.00815. The van der Waals surface area contributed by atoms with Crippen molar-refractivity contribution in [2.75, 3.05) is 45.9 Å². The highest BCUT2D eigenvalue weighted by molar-refractivity contribution is 7.12. The van der Waals surface area contributed by atoms with Crippen molar-refractivity contribution >= 4 is 33.9 Å². The Hall–Kier alpha value is -2.90. The lowest BCUT2D eigenvalue weighted by Crippen LogP contribution is -2.51. The van der Waals surface area contributed by atoms with Gasteiger partial charge in [-0.1, -0.05) is 36.4 Å². The van der Waals surface area contributed by atoms with Gasteiger partial charge in [-0.2, -0.15) is 0 Å². The van der Waals surface area contributed by atoms with Gasteiger partial charge < -0.3 is 15.0 Å². The molecule has 2 amide bonds. The molecule has 0 bridgehead atoms. The molecule has 1 N–H and O–H groups in total. The van der Waals surface area contributed by atoms with Crippen LogP contribution in [-0.2, 0) is 4.79 Å². The lowest BCUT2D eigenvalue weighted by molar-refractivity contribution is -0.135. The first-order valence-electron chi connectivity index (χ1n) is 10.1. The molecule has 1 saturated heterocycles. The van der Waals surface area contributed by atoms with Crippen molar-refractivity contribution in [3.8, 4) is 5.75 Å². The van der Waals surface area contributed by atoms with E-state index < -0.39 is 0 Å². The number of hydrogen-bond acceptors (Lipinski definition) is 5. The van der Waals surface area contributed by atoms with Crippen molar-refractivity contribution in [3.05, 3.63) is 64.9 Å². The molecule has 0 saturated carbocycles. The van der Waals surface area contributed by atoms with E-state index in [1.807, 2.05) is 58.8 Å². The molecule has 1 aromatic heterocycles. The van der Waals surface area contributed by atoms with E-state index >= 15 is 0 Å². The van der Waals surface area contributed by atoms with Crippen LogP contribution in [0.3, 0.4) is 0 Å². The molecule has 4 rings (SSSR count). The van der Waals surface area contributed by atoms with Crippen LogP contribution in [0, 0.1) is 0 Å². The number of hydrogen-bond donors (Lipinski definition) is 1. The first-order chi connectivity index (χ1) is 14.7. The Morgan fingerprint density at radius 2 is 1.77 bits per heavy atom. The van der Waals surface area contributed by atoms with E-state index in [2.05, 4.69) is 16.3 Å². The summed E-state index contributed by atoms with van der Waals surface area (Å²) in [6.45, 7) is 4.41. The van der Waals surface area contributed by atoms with Crippen molar-refractivity contribution in [1.29, 1.82) is 0 Å². The summed E-state index contributed by atoms with van der Waals surface area (Å²) in [5, 5.41) is 7.10. The summed E-state index contributed by atoms with van der Waals surface area (Å²) in [5.41, 5.74) is 0. The number of ether oxygens (including phenoxy) is 1. The second kappa shape index (κ2) is 9.73. The quantitative estimate of drug-likeness (QED) is 0.635. The Bertz CT molecular complexity index is 998. The molecule has 0 spiro atoms. The van der Waals surface area contributed by atoms with Crippen LogP contribution < -0.4 is 10.1 Å². The molecule has 2 aromatic carbocycles. The minimum Gasteiger partial charge on any atom is -0.484 e. The van der Waals surface area contributed by atoms with E-state index in [0.29, 0.717) is 25.4 Å². The van der Waals surface area contributed by atoms with Crippen molar-refractivity contribution in [2.24, 2.45) is 0 Å². The zero-order valence-corrected chi connectivity index (χ0v) is 17.6. The number of thiophene rings is 1. The normalized spacial score (nSPS) is 14.6.